The van der Waals surface area contributed by atoms with Crippen molar-refractivity contribution in [2.45, 2.75) is 24.0 Å². The number of benzene rings is 3. The van der Waals surface area contributed by atoms with E-state index in [2.05, 4.69) is 10.6 Å². The molecule has 0 aliphatic heterocycles. The highest BCUT2D eigenvalue weighted by atomic mass is 35.5. The average Bonchev–Trinajstić information content (AvgIpc) is 2.81. The van der Waals surface area contributed by atoms with Gasteiger partial charge in [0.25, 0.3) is 11.6 Å². The molecule has 34 heavy (non-hydrogen) atoms. The first kappa shape index (κ1) is 25.1. The molecular weight excluding hydrogens is 478 g/mol. The number of aryl methyl sites for hydroxylation is 1. The van der Waals surface area contributed by atoms with Crippen molar-refractivity contribution in [3.05, 3.63) is 86.9 Å². The van der Waals surface area contributed by atoms with Crippen molar-refractivity contribution in [3.63, 3.8) is 0 Å². The zero-order valence-corrected chi connectivity index (χ0v) is 20.2. The van der Waals surface area contributed by atoms with E-state index in [0.717, 1.165) is 10.5 Å². The van der Waals surface area contributed by atoms with Crippen LogP contribution >= 0.6 is 23.4 Å². The largest absolute Gasteiger partial charge is 0.495 e. The van der Waals surface area contributed by atoms with Gasteiger partial charge in [0.1, 0.15) is 5.75 Å². The lowest BCUT2D eigenvalue weighted by atomic mass is 10.2. The van der Waals surface area contributed by atoms with E-state index in [1.165, 1.54) is 43.1 Å². The van der Waals surface area contributed by atoms with Gasteiger partial charge in [0, 0.05) is 39.4 Å². The third kappa shape index (κ3) is 6.27. The predicted octanol–water partition coefficient (Wildman–Crippen LogP) is 5.94. The molecule has 0 saturated heterocycles. The number of hydrogen-bond acceptors (Lipinski definition) is 6. The van der Waals surface area contributed by atoms with E-state index in [1.807, 2.05) is 13.0 Å². The van der Waals surface area contributed by atoms with Crippen LogP contribution in [0.3, 0.4) is 0 Å². The lowest BCUT2D eigenvalue weighted by Crippen LogP contribution is -2.22. The van der Waals surface area contributed by atoms with Crippen molar-refractivity contribution in [1.82, 2.24) is 0 Å². The molecule has 3 aromatic carbocycles. The lowest BCUT2D eigenvalue weighted by Gasteiger charge is -2.16. The van der Waals surface area contributed by atoms with Gasteiger partial charge in [-0.2, -0.15) is 0 Å². The minimum absolute atomic E-state index is 0.0893. The average molecular weight is 500 g/mol. The summed E-state index contributed by atoms with van der Waals surface area (Å²) in [5, 5.41) is 16.5. The number of hydrogen-bond donors (Lipinski definition) is 2. The number of ether oxygens (including phenoxy) is 1. The maximum absolute atomic E-state index is 12.8. The second-order valence-corrected chi connectivity index (χ2v) is 9.16. The molecule has 0 fully saturated rings. The molecule has 1 atom stereocenters. The minimum atomic E-state index is -0.524. The van der Waals surface area contributed by atoms with E-state index in [4.69, 9.17) is 16.3 Å². The Hall–Kier alpha value is -3.56. The van der Waals surface area contributed by atoms with Gasteiger partial charge >= 0.3 is 0 Å². The summed E-state index contributed by atoms with van der Waals surface area (Å²) in [7, 11) is 1.51. The van der Waals surface area contributed by atoms with Crippen molar-refractivity contribution < 1.29 is 19.2 Å². The number of nitro benzene ring substituents is 1. The van der Waals surface area contributed by atoms with Crippen molar-refractivity contribution in [3.8, 4) is 5.75 Å². The lowest BCUT2D eigenvalue weighted by molar-refractivity contribution is -0.384. The Morgan fingerprint density at radius 1 is 1.09 bits per heavy atom. The summed E-state index contributed by atoms with van der Waals surface area (Å²) < 4.78 is 5.31. The SMILES string of the molecule is COc1cc(Cl)c(C)cc1NC(=O)C(C)Sc1cccc(NC(=O)c2ccc([N+](=O)[O-])cc2)c1. The number of halogens is 1. The van der Waals surface area contributed by atoms with Crippen LogP contribution in [0.1, 0.15) is 22.8 Å². The third-order valence-corrected chi connectivity index (χ3v) is 6.35. The number of carbonyl (C=O) groups is 2. The van der Waals surface area contributed by atoms with Gasteiger partial charge in [0.2, 0.25) is 5.91 Å². The highest BCUT2D eigenvalue weighted by Gasteiger charge is 2.18. The molecular formula is C24H22ClN3O5S. The van der Waals surface area contributed by atoms with Crippen LogP contribution in [0.2, 0.25) is 5.02 Å². The van der Waals surface area contributed by atoms with Crippen LogP contribution in [0, 0.1) is 17.0 Å². The van der Waals surface area contributed by atoms with Crippen LogP contribution in [0.5, 0.6) is 5.75 Å². The quantitative estimate of drug-likeness (QED) is 0.225. The Labute approximate surface area is 205 Å². The number of non-ortho nitro benzene ring substituents is 1. The Balaban J connectivity index is 1.65. The highest BCUT2D eigenvalue weighted by molar-refractivity contribution is 8.00. The van der Waals surface area contributed by atoms with Crippen LogP contribution in [0.15, 0.2) is 65.6 Å². The van der Waals surface area contributed by atoms with Crippen LogP contribution in [0.4, 0.5) is 17.1 Å². The van der Waals surface area contributed by atoms with Gasteiger partial charge in [-0.3, -0.25) is 19.7 Å². The van der Waals surface area contributed by atoms with Gasteiger partial charge in [0.15, 0.2) is 0 Å². The summed E-state index contributed by atoms with van der Waals surface area (Å²) in [6.07, 6.45) is 0. The molecule has 0 spiro atoms. The molecule has 0 bridgehead atoms. The van der Waals surface area contributed by atoms with E-state index in [0.29, 0.717) is 27.7 Å². The smallest absolute Gasteiger partial charge is 0.269 e. The summed E-state index contributed by atoms with van der Waals surface area (Å²) in [5.74, 6) is -0.143. The van der Waals surface area contributed by atoms with Gasteiger partial charge < -0.3 is 15.4 Å². The van der Waals surface area contributed by atoms with Crippen LogP contribution in [-0.2, 0) is 4.79 Å². The fourth-order valence-corrected chi connectivity index (χ4v) is 4.09. The van der Waals surface area contributed by atoms with Crippen LogP contribution < -0.4 is 15.4 Å². The molecule has 176 valence electrons. The molecule has 3 rings (SSSR count). The summed E-state index contributed by atoms with van der Waals surface area (Å²) >= 11 is 7.46. The number of amides is 2. The molecule has 2 N–H and O–H groups in total. The first-order chi connectivity index (χ1) is 16.2. The number of nitrogens with one attached hydrogen (secondary N) is 2. The Kier molecular flexibility index (Phi) is 8.14. The standard InChI is InChI=1S/C24H22ClN3O5S/c1-14-11-21(22(33-3)13-20(14)25)27-23(29)15(2)34-19-6-4-5-17(12-19)26-24(30)16-7-9-18(10-8-16)28(31)32/h4-13,15H,1-3H3,(H,26,30)(H,27,29). The molecule has 0 heterocycles. The maximum atomic E-state index is 12.8. The molecule has 2 amide bonds. The molecule has 8 nitrogen and oxygen atoms in total. The topological polar surface area (TPSA) is 111 Å². The zero-order chi connectivity index (χ0) is 24.8. The van der Waals surface area contributed by atoms with Crippen molar-refractivity contribution in [1.29, 1.82) is 0 Å². The number of nitrogens with zero attached hydrogens (tertiary/aromatic N) is 1. The van der Waals surface area contributed by atoms with Crippen molar-refractivity contribution >= 4 is 52.2 Å². The van der Waals surface area contributed by atoms with Gasteiger partial charge in [0.05, 0.1) is 23.0 Å². The molecule has 0 aliphatic carbocycles. The number of methoxy groups -OCH3 is 1. The number of anilines is 2. The predicted molar refractivity (Wildman–Crippen MR) is 134 cm³/mol. The van der Waals surface area contributed by atoms with Gasteiger partial charge in [-0.25, -0.2) is 0 Å². The fourth-order valence-electron chi connectivity index (χ4n) is 3.01. The molecule has 0 saturated carbocycles. The molecule has 1 unspecified atom stereocenters. The zero-order valence-electron chi connectivity index (χ0n) is 18.6. The fraction of sp³-hybridized carbons (Fsp3) is 0.167. The molecule has 3 aromatic rings. The van der Waals surface area contributed by atoms with E-state index in [-0.39, 0.29) is 11.6 Å². The van der Waals surface area contributed by atoms with Gasteiger partial charge in [-0.15, -0.1) is 11.8 Å². The second kappa shape index (κ2) is 11.0. The van der Waals surface area contributed by atoms with E-state index in [9.17, 15) is 19.7 Å². The number of nitro groups is 1. The molecule has 0 radical (unpaired) electrons. The monoisotopic (exact) mass is 499 g/mol. The maximum Gasteiger partial charge on any atom is 0.269 e. The third-order valence-electron chi connectivity index (χ3n) is 4.85. The van der Waals surface area contributed by atoms with Crippen molar-refractivity contribution in [2.75, 3.05) is 17.7 Å². The molecule has 0 aliphatic rings. The summed E-state index contributed by atoms with van der Waals surface area (Å²) in [4.78, 5) is 36.3. The van der Waals surface area contributed by atoms with E-state index >= 15 is 0 Å². The number of rotatable bonds is 8. The Bertz CT molecular complexity index is 1230. The highest BCUT2D eigenvalue weighted by Crippen LogP contribution is 2.32. The van der Waals surface area contributed by atoms with E-state index < -0.39 is 16.1 Å². The minimum Gasteiger partial charge on any atom is -0.495 e. The number of carbonyl (C=O) groups excluding carboxylic acids is 2. The number of thioether (sulfide) groups is 1. The summed E-state index contributed by atoms with van der Waals surface area (Å²) in [5.41, 5.74) is 2.09. The van der Waals surface area contributed by atoms with Crippen LogP contribution in [0.25, 0.3) is 0 Å². The second-order valence-electron chi connectivity index (χ2n) is 7.34. The van der Waals surface area contributed by atoms with Gasteiger partial charge in [-0.05, 0) is 55.8 Å². The summed E-state index contributed by atoms with van der Waals surface area (Å²) in [6.45, 7) is 3.61. The van der Waals surface area contributed by atoms with E-state index in [1.54, 1.807) is 37.3 Å². The summed E-state index contributed by atoms with van der Waals surface area (Å²) in [6, 6.07) is 15.8. The first-order valence-corrected chi connectivity index (χ1v) is 11.4. The normalized spacial score (nSPS) is 11.4. The van der Waals surface area contributed by atoms with Crippen molar-refractivity contribution in [2.24, 2.45) is 0 Å². The first-order valence-electron chi connectivity index (χ1n) is 10.2. The molecule has 0 aromatic heterocycles. The van der Waals surface area contributed by atoms with Crippen LogP contribution in [-0.4, -0.2) is 29.1 Å². The Morgan fingerprint density at radius 2 is 1.79 bits per heavy atom. The molecule has 10 heteroatoms. The Morgan fingerprint density at radius 3 is 2.44 bits per heavy atom. The van der Waals surface area contributed by atoms with Gasteiger partial charge in [-0.1, -0.05) is 17.7 Å².